The number of carbonyl (C=O) groups excluding carboxylic acids is 1. The summed E-state index contributed by atoms with van der Waals surface area (Å²) in [6.07, 6.45) is 5.96. The Bertz CT molecular complexity index is 315. The number of hydrogen-bond donors (Lipinski definition) is 1. The van der Waals surface area contributed by atoms with Gasteiger partial charge < -0.3 is 20.4 Å². The Hall–Kier alpha value is -0.810. The Morgan fingerprint density at radius 2 is 1.52 bits per heavy atom. The van der Waals surface area contributed by atoms with Crippen molar-refractivity contribution in [3.63, 3.8) is 0 Å². The van der Waals surface area contributed by atoms with Crippen LogP contribution < -0.4 is 5.73 Å². The van der Waals surface area contributed by atoms with Gasteiger partial charge in [0, 0.05) is 39.3 Å². The lowest BCUT2D eigenvalue weighted by Gasteiger charge is -2.29. The third kappa shape index (κ3) is 5.15. The van der Waals surface area contributed by atoms with Gasteiger partial charge in [-0.05, 0) is 38.3 Å². The van der Waals surface area contributed by atoms with E-state index in [2.05, 4.69) is 21.6 Å². The number of carbonyl (C=O) groups is 1. The van der Waals surface area contributed by atoms with Crippen LogP contribution in [0.5, 0.6) is 0 Å². The molecule has 2 rings (SSSR count). The first-order chi connectivity index (χ1) is 10.2. The molecule has 5 nitrogen and oxygen atoms in total. The highest BCUT2D eigenvalue weighted by Crippen LogP contribution is 2.13. The van der Waals surface area contributed by atoms with Crippen molar-refractivity contribution < 1.29 is 4.79 Å². The zero-order chi connectivity index (χ0) is 15.1. The summed E-state index contributed by atoms with van der Waals surface area (Å²) in [5, 5.41) is 0. The molecular formula is C16H32N4O. The van der Waals surface area contributed by atoms with E-state index in [9.17, 15) is 4.79 Å². The van der Waals surface area contributed by atoms with Crippen molar-refractivity contribution in [3.05, 3.63) is 0 Å². The second-order valence-corrected chi connectivity index (χ2v) is 6.67. The molecule has 0 bridgehead atoms. The van der Waals surface area contributed by atoms with Crippen LogP contribution in [0.1, 0.15) is 39.0 Å². The first kappa shape index (κ1) is 16.6. The standard InChI is InChI=1S/C16H32N4O/c1-15(13-17)14-18-7-6-10-20(12-11-18)16(21)19-8-4-2-3-5-9-19/h15H,2-14,17H2,1H3. The molecule has 21 heavy (non-hydrogen) atoms. The van der Waals surface area contributed by atoms with E-state index in [0.717, 1.165) is 58.8 Å². The molecule has 2 heterocycles. The lowest BCUT2D eigenvalue weighted by molar-refractivity contribution is 0.154. The second-order valence-electron chi connectivity index (χ2n) is 6.67. The van der Waals surface area contributed by atoms with Crippen molar-refractivity contribution >= 4 is 6.03 Å². The highest BCUT2D eigenvalue weighted by atomic mass is 16.2. The van der Waals surface area contributed by atoms with E-state index in [1.165, 1.54) is 25.7 Å². The van der Waals surface area contributed by atoms with E-state index < -0.39 is 0 Å². The van der Waals surface area contributed by atoms with Gasteiger partial charge in [0.15, 0.2) is 0 Å². The molecule has 122 valence electrons. The van der Waals surface area contributed by atoms with Crippen LogP contribution in [0.25, 0.3) is 0 Å². The number of nitrogens with two attached hydrogens (primary N) is 1. The maximum absolute atomic E-state index is 12.7. The van der Waals surface area contributed by atoms with Crippen molar-refractivity contribution in [1.29, 1.82) is 0 Å². The molecule has 0 spiro atoms. The Kier molecular flexibility index (Phi) is 6.77. The lowest BCUT2D eigenvalue weighted by atomic mass is 10.1. The average Bonchev–Trinajstić information content (AvgIpc) is 2.89. The van der Waals surface area contributed by atoms with Crippen LogP contribution in [-0.2, 0) is 0 Å². The summed E-state index contributed by atoms with van der Waals surface area (Å²) in [5.74, 6) is 0.540. The summed E-state index contributed by atoms with van der Waals surface area (Å²) in [4.78, 5) is 19.3. The van der Waals surface area contributed by atoms with Gasteiger partial charge in [0.05, 0.1) is 0 Å². The molecule has 0 saturated carbocycles. The fourth-order valence-electron chi connectivity index (χ4n) is 3.32. The molecule has 2 aliphatic heterocycles. The SMILES string of the molecule is CC(CN)CN1CCCN(C(=O)N2CCCCCC2)CC1. The van der Waals surface area contributed by atoms with Gasteiger partial charge >= 0.3 is 6.03 Å². The summed E-state index contributed by atoms with van der Waals surface area (Å²) in [6.45, 7) is 9.75. The summed E-state index contributed by atoms with van der Waals surface area (Å²) in [6, 6.07) is 0.269. The normalized spacial score (nSPS) is 23.5. The maximum atomic E-state index is 12.7. The fraction of sp³-hybridized carbons (Fsp3) is 0.938. The van der Waals surface area contributed by atoms with Crippen molar-refractivity contribution in [1.82, 2.24) is 14.7 Å². The molecule has 2 saturated heterocycles. The van der Waals surface area contributed by atoms with Gasteiger partial charge in [0.25, 0.3) is 0 Å². The van der Waals surface area contributed by atoms with E-state index >= 15 is 0 Å². The van der Waals surface area contributed by atoms with Crippen LogP contribution in [0.4, 0.5) is 4.79 Å². The molecule has 1 atom stereocenters. The Morgan fingerprint density at radius 3 is 2.19 bits per heavy atom. The zero-order valence-corrected chi connectivity index (χ0v) is 13.6. The predicted octanol–water partition coefficient (Wildman–Crippen LogP) is 1.58. The smallest absolute Gasteiger partial charge is 0.320 e. The molecule has 2 amide bonds. The third-order valence-corrected chi connectivity index (χ3v) is 4.71. The number of nitrogens with zero attached hydrogens (tertiary/aromatic N) is 3. The maximum Gasteiger partial charge on any atom is 0.320 e. The van der Waals surface area contributed by atoms with Crippen LogP contribution in [0.15, 0.2) is 0 Å². The zero-order valence-electron chi connectivity index (χ0n) is 13.6. The summed E-state index contributed by atoms with van der Waals surface area (Å²) >= 11 is 0. The predicted molar refractivity (Wildman–Crippen MR) is 86.3 cm³/mol. The molecule has 0 radical (unpaired) electrons. The van der Waals surface area contributed by atoms with E-state index in [-0.39, 0.29) is 6.03 Å². The highest BCUT2D eigenvalue weighted by molar-refractivity contribution is 5.74. The van der Waals surface area contributed by atoms with Crippen LogP contribution in [0, 0.1) is 5.92 Å². The molecule has 0 aromatic carbocycles. The summed E-state index contributed by atoms with van der Waals surface area (Å²) in [7, 11) is 0. The molecule has 2 N–H and O–H groups in total. The van der Waals surface area contributed by atoms with Crippen molar-refractivity contribution in [3.8, 4) is 0 Å². The van der Waals surface area contributed by atoms with Gasteiger partial charge in [-0.3, -0.25) is 0 Å². The molecule has 1 unspecified atom stereocenters. The largest absolute Gasteiger partial charge is 0.330 e. The Labute approximate surface area is 129 Å². The minimum atomic E-state index is 0.269. The van der Waals surface area contributed by atoms with Gasteiger partial charge in [-0.2, -0.15) is 0 Å². The quantitative estimate of drug-likeness (QED) is 0.860. The van der Waals surface area contributed by atoms with E-state index in [1.807, 2.05) is 0 Å². The summed E-state index contributed by atoms with van der Waals surface area (Å²) < 4.78 is 0. The van der Waals surface area contributed by atoms with Gasteiger partial charge in [0.2, 0.25) is 0 Å². The number of likely N-dealkylation sites (tertiary alicyclic amines) is 1. The van der Waals surface area contributed by atoms with Crippen LogP contribution in [0.3, 0.4) is 0 Å². The van der Waals surface area contributed by atoms with E-state index in [1.54, 1.807) is 0 Å². The van der Waals surface area contributed by atoms with Crippen LogP contribution in [0.2, 0.25) is 0 Å². The minimum absolute atomic E-state index is 0.269. The van der Waals surface area contributed by atoms with E-state index in [4.69, 9.17) is 5.73 Å². The topological polar surface area (TPSA) is 52.8 Å². The Balaban J connectivity index is 1.82. The lowest BCUT2D eigenvalue weighted by Crippen LogP contribution is -2.45. The monoisotopic (exact) mass is 296 g/mol. The molecule has 0 aromatic heterocycles. The highest BCUT2D eigenvalue weighted by Gasteiger charge is 2.24. The third-order valence-electron chi connectivity index (χ3n) is 4.71. The number of amides is 2. The second kappa shape index (κ2) is 8.59. The first-order valence-electron chi connectivity index (χ1n) is 8.67. The number of urea groups is 1. The molecule has 5 heteroatoms. The first-order valence-corrected chi connectivity index (χ1v) is 8.67. The van der Waals surface area contributed by atoms with Crippen molar-refractivity contribution in [2.24, 2.45) is 11.7 Å². The summed E-state index contributed by atoms with van der Waals surface area (Å²) in [5.41, 5.74) is 5.72. The molecule has 0 aromatic rings. The van der Waals surface area contributed by atoms with Crippen molar-refractivity contribution in [2.45, 2.75) is 39.0 Å². The Morgan fingerprint density at radius 1 is 0.905 bits per heavy atom. The molecule has 0 aliphatic carbocycles. The number of hydrogen-bond acceptors (Lipinski definition) is 3. The van der Waals surface area contributed by atoms with Crippen LogP contribution >= 0.6 is 0 Å². The van der Waals surface area contributed by atoms with Crippen molar-refractivity contribution in [2.75, 3.05) is 52.4 Å². The molecule has 2 aliphatic rings. The average molecular weight is 296 g/mol. The van der Waals surface area contributed by atoms with E-state index in [0.29, 0.717) is 5.92 Å². The number of rotatable bonds is 3. The van der Waals surface area contributed by atoms with Gasteiger partial charge in [-0.15, -0.1) is 0 Å². The minimum Gasteiger partial charge on any atom is -0.330 e. The fourth-order valence-corrected chi connectivity index (χ4v) is 3.32. The van der Waals surface area contributed by atoms with Gasteiger partial charge in [-0.1, -0.05) is 19.8 Å². The van der Waals surface area contributed by atoms with Gasteiger partial charge in [-0.25, -0.2) is 4.79 Å². The molecule has 2 fully saturated rings. The molecular weight excluding hydrogens is 264 g/mol. The van der Waals surface area contributed by atoms with Crippen LogP contribution in [-0.4, -0.2) is 73.1 Å². The van der Waals surface area contributed by atoms with Gasteiger partial charge in [0.1, 0.15) is 0 Å².